The number of anilines is 1. The molecule has 1 aliphatic heterocycles. The van der Waals surface area contributed by atoms with E-state index in [0.29, 0.717) is 16.1 Å². The summed E-state index contributed by atoms with van der Waals surface area (Å²) in [7, 11) is -2.69. The van der Waals surface area contributed by atoms with Gasteiger partial charge in [-0.1, -0.05) is 29.8 Å². The minimum absolute atomic E-state index is 0.0469. The van der Waals surface area contributed by atoms with Crippen LogP contribution in [0.2, 0.25) is 5.02 Å². The number of rotatable bonds is 2. The van der Waals surface area contributed by atoms with Crippen LogP contribution >= 0.6 is 11.6 Å². The molecule has 2 aromatic carbocycles. The van der Waals surface area contributed by atoms with E-state index in [2.05, 4.69) is 15.3 Å². The number of fused-ring (bicyclic) bond motifs is 2. The molecule has 0 spiro atoms. The van der Waals surface area contributed by atoms with Crippen molar-refractivity contribution in [2.45, 2.75) is 4.90 Å². The van der Waals surface area contributed by atoms with Crippen molar-refractivity contribution in [2.75, 3.05) is 12.4 Å². The Bertz CT molecular complexity index is 1520. The average molecular weight is 501 g/mol. The van der Waals surface area contributed by atoms with Gasteiger partial charge in [-0.2, -0.15) is 4.98 Å². The van der Waals surface area contributed by atoms with Gasteiger partial charge in [-0.3, -0.25) is 9.10 Å². The molecule has 0 fully saturated rings. The molecule has 0 radical (unpaired) electrons. The summed E-state index contributed by atoms with van der Waals surface area (Å²) in [5.74, 6) is -0.907. The van der Waals surface area contributed by atoms with Crippen LogP contribution in [0.3, 0.4) is 0 Å². The van der Waals surface area contributed by atoms with Crippen LogP contribution in [0.25, 0.3) is 16.9 Å². The van der Waals surface area contributed by atoms with Gasteiger partial charge >= 0.3 is 6.08 Å². The highest BCUT2D eigenvalue weighted by Crippen LogP contribution is 2.34. The standard InChI is InChI=1S/C15H13N3O4S.C7H4ClNO2/c1-18-13(15(20)17-12-8-4-5-9-16-12)14(19)10-6-2-3-7-11(10)23(18,21)22;8-4-1-2-6-5(3-4)9-7(10)11-6/h2-9,19H,1H3,(H,16,17,20);1-3H,(H,9,10). The minimum Gasteiger partial charge on any atom is -0.505 e. The Morgan fingerprint density at radius 2 is 1.82 bits per heavy atom. The van der Waals surface area contributed by atoms with E-state index >= 15 is 0 Å². The third-order valence-electron chi connectivity index (χ3n) is 4.78. The van der Waals surface area contributed by atoms with Crippen LogP contribution in [0, 0.1) is 0 Å². The van der Waals surface area contributed by atoms with Crippen LogP contribution in [0.1, 0.15) is 5.56 Å². The predicted molar refractivity (Wildman–Crippen MR) is 124 cm³/mol. The molecule has 0 saturated heterocycles. The second-order valence-electron chi connectivity index (χ2n) is 6.94. The van der Waals surface area contributed by atoms with E-state index in [4.69, 9.17) is 21.1 Å². The van der Waals surface area contributed by atoms with Crippen LogP contribution in [-0.4, -0.2) is 45.9 Å². The van der Waals surface area contributed by atoms with Crippen molar-refractivity contribution in [2.24, 2.45) is 0 Å². The molecule has 1 amide bonds. The molecule has 0 aliphatic carbocycles. The highest BCUT2D eigenvalue weighted by Gasteiger charge is 2.37. The number of likely N-dealkylation sites (N-methyl/N-ethyl adjacent to an activating group) is 1. The number of nitrogens with one attached hydrogen (secondary N) is 1. The van der Waals surface area contributed by atoms with Crippen molar-refractivity contribution in [3.8, 4) is 6.08 Å². The molecule has 3 heterocycles. The molecule has 10 nitrogen and oxygen atoms in total. The fourth-order valence-corrected chi connectivity index (χ4v) is 4.75. The topological polar surface area (TPSA) is 146 Å². The Labute approximate surface area is 198 Å². The van der Waals surface area contributed by atoms with E-state index in [0.717, 1.165) is 4.31 Å². The Morgan fingerprint density at radius 3 is 2.56 bits per heavy atom. The molecular formula is C22H17ClN4O6S. The molecule has 1 aliphatic rings. The number of nitrogens with zero attached hydrogens (tertiary/aromatic N) is 3. The molecule has 4 aromatic rings. The summed E-state index contributed by atoms with van der Waals surface area (Å²) in [6.07, 6.45) is 1.16. The van der Waals surface area contributed by atoms with Gasteiger partial charge < -0.3 is 19.9 Å². The van der Waals surface area contributed by atoms with Crippen molar-refractivity contribution in [3.63, 3.8) is 0 Å². The van der Waals surface area contributed by atoms with Gasteiger partial charge in [0.05, 0.1) is 4.90 Å². The van der Waals surface area contributed by atoms with Gasteiger partial charge in [0.2, 0.25) is 0 Å². The summed E-state index contributed by atoms with van der Waals surface area (Å²) in [5, 5.41) is 22.2. The number of aromatic hydroxyl groups is 1. The van der Waals surface area contributed by atoms with Crippen molar-refractivity contribution < 1.29 is 27.8 Å². The zero-order chi connectivity index (χ0) is 24.5. The molecule has 5 rings (SSSR count). The first-order valence-electron chi connectivity index (χ1n) is 9.67. The van der Waals surface area contributed by atoms with Gasteiger partial charge in [0.1, 0.15) is 11.3 Å². The van der Waals surface area contributed by atoms with Gasteiger partial charge in [0.15, 0.2) is 17.0 Å². The molecule has 2 aromatic heterocycles. The van der Waals surface area contributed by atoms with E-state index < -0.39 is 21.7 Å². The lowest BCUT2D eigenvalue weighted by Gasteiger charge is -2.28. The summed E-state index contributed by atoms with van der Waals surface area (Å²) in [6, 6.07) is 15.8. The Hall–Kier alpha value is -4.09. The van der Waals surface area contributed by atoms with Crippen LogP contribution in [0.4, 0.5) is 5.82 Å². The van der Waals surface area contributed by atoms with Crippen LogP contribution in [0.5, 0.6) is 6.08 Å². The molecule has 3 N–H and O–H groups in total. The molecular weight excluding hydrogens is 484 g/mol. The SMILES string of the molecule is CN1C(C(=O)Nc2ccccn2)=C(O)c2ccccc2S1(=O)=O.Oc1nc2cc(Cl)ccc2o1. The maximum absolute atomic E-state index is 12.5. The number of pyridine rings is 1. The van der Waals surface area contributed by atoms with E-state index in [1.165, 1.54) is 25.4 Å². The van der Waals surface area contributed by atoms with Gasteiger partial charge in [-0.25, -0.2) is 13.4 Å². The molecule has 0 atom stereocenters. The number of carbonyl (C=O) groups excluding carboxylic acids is 1. The maximum Gasteiger partial charge on any atom is 0.392 e. The number of aliphatic hydroxyl groups is 1. The minimum atomic E-state index is -3.91. The summed E-state index contributed by atoms with van der Waals surface area (Å²) < 4.78 is 30.6. The van der Waals surface area contributed by atoms with Crippen molar-refractivity contribution >= 4 is 50.2 Å². The van der Waals surface area contributed by atoms with E-state index in [1.807, 2.05) is 0 Å². The molecule has 34 heavy (non-hydrogen) atoms. The molecule has 12 heteroatoms. The summed E-state index contributed by atoms with van der Waals surface area (Å²) >= 11 is 5.66. The first-order valence-corrected chi connectivity index (χ1v) is 11.5. The number of aromatic nitrogens is 2. The van der Waals surface area contributed by atoms with Gasteiger partial charge in [-0.05, 0) is 42.5 Å². The van der Waals surface area contributed by atoms with Crippen LogP contribution in [0.15, 0.2) is 81.9 Å². The third kappa shape index (κ3) is 4.38. The number of hydrogen-bond donors (Lipinski definition) is 3. The lowest BCUT2D eigenvalue weighted by Crippen LogP contribution is -2.37. The zero-order valence-corrected chi connectivity index (χ0v) is 19.1. The Balaban J connectivity index is 0.000000207. The number of hydrogen-bond acceptors (Lipinski definition) is 8. The molecule has 174 valence electrons. The highest BCUT2D eigenvalue weighted by molar-refractivity contribution is 7.89. The van der Waals surface area contributed by atoms with E-state index in [1.54, 1.807) is 48.5 Å². The number of carbonyl (C=O) groups is 1. The molecule has 0 bridgehead atoms. The van der Waals surface area contributed by atoms with Gasteiger partial charge in [0.25, 0.3) is 15.9 Å². The van der Waals surface area contributed by atoms with Gasteiger partial charge in [0, 0.05) is 23.8 Å². The van der Waals surface area contributed by atoms with E-state index in [9.17, 15) is 18.3 Å². The van der Waals surface area contributed by atoms with Crippen LogP contribution in [-0.2, 0) is 14.8 Å². The average Bonchev–Trinajstić information content (AvgIpc) is 3.18. The quantitative estimate of drug-likeness (QED) is 0.377. The van der Waals surface area contributed by atoms with Crippen molar-refractivity contribution in [3.05, 3.63) is 83.1 Å². The highest BCUT2D eigenvalue weighted by atomic mass is 35.5. The lowest BCUT2D eigenvalue weighted by atomic mass is 10.1. The van der Waals surface area contributed by atoms with Crippen LogP contribution < -0.4 is 5.32 Å². The first kappa shape index (κ1) is 23.1. The number of sulfonamides is 1. The number of amides is 1. The van der Waals surface area contributed by atoms with E-state index in [-0.39, 0.29) is 28.1 Å². The Kier molecular flexibility index (Phi) is 6.14. The van der Waals surface area contributed by atoms with Crippen molar-refractivity contribution in [1.29, 1.82) is 0 Å². The number of benzene rings is 2. The number of oxazole rings is 1. The second-order valence-corrected chi connectivity index (χ2v) is 9.32. The maximum atomic E-state index is 12.5. The summed E-state index contributed by atoms with van der Waals surface area (Å²) in [5.41, 5.74) is 0.841. The zero-order valence-electron chi connectivity index (χ0n) is 17.5. The monoisotopic (exact) mass is 500 g/mol. The Morgan fingerprint density at radius 1 is 1.09 bits per heavy atom. The lowest BCUT2D eigenvalue weighted by molar-refractivity contribution is -0.113. The van der Waals surface area contributed by atoms with Crippen molar-refractivity contribution in [1.82, 2.24) is 14.3 Å². The largest absolute Gasteiger partial charge is 0.505 e. The molecule has 0 saturated carbocycles. The predicted octanol–water partition coefficient (Wildman–Crippen LogP) is 3.77. The fourth-order valence-electron chi connectivity index (χ4n) is 3.18. The number of halogens is 1. The normalized spacial score (nSPS) is 14.2. The number of aliphatic hydroxyl groups excluding tert-OH is 1. The summed E-state index contributed by atoms with van der Waals surface area (Å²) in [6.45, 7) is 0. The van der Waals surface area contributed by atoms with Gasteiger partial charge in [-0.15, -0.1) is 0 Å². The summed E-state index contributed by atoms with van der Waals surface area (Å²) in [4.78, 5) is 20.0. The third-order valence-corrected chi connectivity index (χ3v) is 6.83. The molecule has 0 unspecified atom stereocenters. The second kappa shape index (κ2) is 9.04. The smallest absolute Gasteiger partial charge is 0.392 e. The first-order chi connectivity index (χ1) is 16.2. The fraction of sp³-hybridized carbons (Fsp3) is 0.0455.